The number of carbonyl (C=O) groups excluding carboxylic acids is 1. The van der Waals surface area contributed by atoms with E-state index < -0.39 is 0 Å². The number of para-hydroxylation sites is 1. The van der Waals surface area contributed by atoms with Gasteiger partial charge in [0.1, 0.15) is 0 Å². The van der Waals surface area contributed by atoms with Crippen molar-refractivity contribution in [2.75, 3.05) is 7.11 Å². The fourth-order valence-corrected chi connectivity index (χ4v) is 3.94. The molecule has 1 aliphatic rings. The highest BCUT2D eigenvalue weighted by molar-refractivity contribution is 7.18. The zero-order valence-electron chi connectivity index (χ0n) is 11.0. The molecule has 4 heteroatoms. The SMILES string of the molecule is COC(=O)C1CCC(c2nc3ccccc3s2)CC1. The molecule has 3 rings (SSSR count). The fourth-order valence-electron chi connectivity index (χ4n) is 2.81. The molecule has 1 aliphatic carbocycles. The predicted molar refractivity (Wildman–Crippen MR) is 76.3 cm³/mol. The first kappa shape index (κ1) is 12.6. The lowest BCUT2D eigenvalue weighted by Crippen LogP contribution is -2.22. The Bertz CT molecular complexity index is 552. The van der Waals surface area contributed by atoms with Crippen molar-refractivity contribution < 1.29 is 9.53 Å². The van der Waals surface area contributed by atoms with E-state index in [1.54, 1.807) is 11.3 Å². The van der Waals surface area contributed by atoms with Crippen molar-refractivity contribution in [1.29, 1.82) is 0 Å². The van der Waals surface area contributed by atoms with Crippen molar-refractivity contribution >= 4 is 27.5 Å². The maximum Gasteiger partial charge on any atom is 0.308 e. The number of nitrogens with zero attached hydrogens (tertiary/aromatic N) is 1. The van der Waals surface area contributed by atoms with Crippen LogP contribution in [0.4, 0.5) is 0 Å². The number of thiazole rings is 1. The van der Waals surface area contributed by atoms with Crippen molar-refractivity contribution in [3.8, 4) is 0 Å². The summed E-state index contributed by atoms with van der Waals surface area (Å²) in [7, 11) is 1.47. The molecule has 1 aromatic carbocycles. The van der Waals surface area contributed by atoms with Gasteiger partial charge < -0.3 is 4.74 Å². The zero-order valence-corrected chi connectivity index (χ0v) is 11.8. The van der Waals surface area contributed by atoms with Gasteiger partial charge in [-0.1, -0.05) is 12.1 Å². The molecular weight excluding hydrogens is 258 g/mol. The summed E-state index contributed by atoms with van der Waals surface area (Å²) in [5, 5.41) is 1.23. The van der Waals surface area contributed by atoms with E-state index in [4.69, 9.17) is 9.72 Å². The van der Waals surface area contributed by atoms with Crippen LogP contribution in [0.5, 0.6) is 0 Å². The highest BCUT2D eigenvalue weighted by atomic mass is 32.1. The van der Waals surface area contributed by atoms with Crippen LogP contribution in [0.3, 0.4) is 0 Å². The number of methoxy groups -OCH3 is 1. The molecule has 2 aromatic rings. The summed E-state index contributed by atoms with van der Waals surface area (Å²) in [5.74, 6) is 0.552. The Morgan fingerprint density at radius 3 is 2.68 bits per heavy atom. The molecule has 0 aliphatic heterocycles. The molecule has 100 valence electrons. The Morgan fingerprint density at radius 2 is 2.00 bits per heavy atom. The maximum atomic E-state index is 11.5. The molecular formula is C15H17NO2S. The van der Waals surface area contributed by atoms with Crippen LogP contribution in [0.25, 0.3) is 10.2 Å². The lowest BCUT2D eigenvalue weighted by atomic mass is 9.82. The van der Waals surface area contributed by atoms with Crippen LogP contribution in [0, 0.1) is 5.92 Å². The van der Waals surface area contributed by atoms with E-state index in [-0.39, 0.29) is 11.9 Å². The van der Waals surface area contributed by atoms with E-state index in [0.717, 1.165) is 31.2 Å². The Hall–Kier alpha value is -1.42. The van der Waals surface area contributed by atoms with Gasteiger partial charge in [0, 0.05) is 5.92 Å². The third kappa shape index (κ3) is 2.50. The summed E-state index contributed by atoms with van der Waals surface area (Å²) < 4.78 is 6.08. The molecule has 0 atom stereocenters. The minimum absolute atomic E-state index is 0.0530. The van der Waals surface area contributed by atoms with Crippen LogP contribution in [0.1, 0.15) is 36.6 Å². The highest BCUT2D eigenvalue weighted by Gasteiger charge is 2.29. The first-order valence-electron chi connectivity index (χ1n) is 6.71. The quantitative estimate of drug-likeness (QED) is 0.784. The Balaban J connectivity index is 1.72. The third-order valence-electron chi connectivity index (χ3n) is 3.92. The Labute approximate surface area is 116 Å². The number of rotatable bonds is 2. The van der Waals surface area contributed by atoms with E-state index in [0.29, 0.717) is 5.92 Å². The molecule has 0 N–H and O–H groups in total. The van der Waals surface area contributed by atoms with Crippen molar-refractivity contribution in [2.45, 2.75) is 31.6 Å². The maximum absolute atomic E-state index is 11.5. The summed E-state index contributed by atoms with van der Waals surface area (Å²) in [5.41, 5.74) is 1.09. The smallest absolute Gasteiger partial charge is 0.308 e. The number of carbonyl (C=O) groups is 1. The molecule has 0 bridgehead atoms. The van der Waals surface area contributed by atoms with Crippen LogP contribution < -0.4 is 0 Å². The first-order chi connectivity index (χ1) is 9.28. The van der Waals surface area contributed by atoms with Crippen molar-refractivity contribution in [1.82, 2.24) is 4.98 Å². The Morgan fingerprint density at radius 1 is 1.26 bits per heavy atom. The van der Waals surface area contributed by atoms with Gasteiger partial charge in [-0.25, -0.2) is 4.98 Å². The molecule has 1 saturated carbocycles. The lowest BCUT2D eigenvalue weighted by Gasteiger charge is -2.25. The van der Waals surface area contributed by atoms with Crippen molar-refractivity contribution in [3.05, 3.63) is 29.3 Å². The molecule has 3 nitrogen and oxygen atoms in total. The number of hydrogen-bond acceptors (Lipinski definition) is 4. The van der Waals surface area contributed by atoms with E-state index in [1.807, 2.05) is 6.07 Å². The third-order valence-corrected chi connectivity index (χ3v) is 5.12. The van der Waals surface area contributed by atoms with Crippen molar-refractivity contribution in [2.24, 2.45) is 5.92 Å². The van der Waals surface area contributed by atoms with E-state index in [2.05, 4.69) is 18.2 Å². The molecule has 0 spiro atoms. The second-order valence-corrected chi connectivity index (χ2v) is 6.15. The number of fused-ring (bicyclic) bond motifs is 1. The van der Waals surface area contributed by atoms with Gasteiger partial charge in [0.25, 0.3) is 0 Å². The highest BCUT2D eigenvalue weighted by Crippen LogP contribution is 2.39. The van der Waals surface area contributed by atoms with Crippen LogP contribution in [-0.4, -0.2) is 18.1 Å². The average Bonchev–Trinajstić information content (AvgIpc) is 2.90. The normalized spacial score (nSPS) is 23.4. The zero-order chi connectivity index (χ0) is 13.2. The number of benzene rings is 1. The average molecular weight is 275 g/mol. The van der Waals surface area contributed by atoms with Gasteiger partial charge in [-0.05, 0) is 37.8 Å². The summed E-state index contributed by atoms with van der Waals surface area (Å²) in [6.07, 6.45) is 3.93. The summed E-state index contributed by atoms with van der Waals surface area (Å²) in [4.78, 5) is 16.2. The standard InChI is InChI=1S/C15H17NO2S/c1-18-15(17)11-8-6-10(7-9-11)14-16-12-4-2-3-5-13(12)19-14/h2-5,10-11H,6-9H2,1H3. The topological polar surface area (TPSA) is 39.2 Å². The second-order valence-electron chi connectivity index (χ2n) is 5.09. The van der Waals surface area contributed by atoms with Gasteiger partial charge in [0.05, 0.1) is 28.3 Å². The molecule has 19 heavy (non-hydrogen) atoms. The molecule has 1 heterocycles. The van der Waals surface area contributed by atoms with Gasteiger partial charge in [-0.2, -0.15) is 0 Å². The number of aromatic nitrogens is 1. The monoisotopic (exact) mass is 275 g/mol. The summed E-state index contributed by atoms with van der Waals surface area (Å²) >= 11 is 1.79. The molecule has 0 radical (unpaired) electrons. The molecule has 1 aromatic heterocycles. The van der Waals surface area contributed by atoms with E-state index in [1.165, 1.54) is 16.8 Å². The van der Waals surface area contributed by atoms with Crippen LogP contribution in [-0.2, 0) is 9.53 Å². The molecule has 0 unspecified atom stereocenters. The number of esters is 1. The van der Waals surface area contributed by atoms with Gasteiger partial charge in [0.2, 0.25) is 0 Å². The molecule has 0 saturated heterocycles. The summed E-state index contributed by atoms with van der Waals surface area (Å²) in [6, 6.07) is 8.27. The number of hydrogen-bond donors (Lipinski definition) is 0. The second kappa shape index (κ2) is 5.29. The van der Waals surface area contributed by atoms with E-state index >= 15 is 0 Å². The summed E-state index contributed by atoms with van der Waals surface area (Å²) in [6.45, 7) is 0. The van der Waals surface area contributed by atoms with Gasteiger partial charge in [0.15, 0.2) is 0 Å². The molecule has 0 amide bonds. The Kier molecular flexibility index (Phi) is 3.51. The fraction of sp³-hybridized carbons (Fsp3) is 0.467. The number of ether oxygens (including phenoxy) is 1. The largest absolute Gasteiger partial charge is 0.469 e. The van der Waals surface area contributed by atoms with E-state index in [9.17, 15) is 4.79 Å². The van der Waals surface area contributed by atoms with Gasteiger partial charge in [-0.15, -0.1) is 11.3 Å². The van der Waals surface area contributed by atoms with Crippen LogP contribution in [0.15, 0.2) is 24.3 Å². The molecule has 1 fully saturated rings. The minimum atomic E-state index is -0.0530. The van der Waals surface area contributed by atoms with Crippen LogP contribution in [0.2, 0.25) is 0 Å². The minimum Gasteiger partial charge on any atom is -0.469 e. The van der Waals surface area contributed by atoms with Crippen molar-refractivity contribution in [3.63, 3.8) is 0 Å². The first-order valence-corrected chi connectivity index (χ1v) is 7.53. The predicted octanol–water partition coefficient (Wildman–Crippen LogP) is 3.74. The van der Waals surface area contributed by atoms with Crippen LogP contribution >= 0.6 is 11.3 Å². The van der Waals surface area contributed by atoms with Gasteiger partial charge >= 0.3 is 5.97 Å². The van der Waals surface area contributed by atoms with Gasteiger partial charge in [-0.3, -0.25) is 4.79 Å². The lowest BCUT2D eigenvalue weighted by molar-refractivity contribution is -0.146.